The average molecular weight is 1080 g/mol. The molecule has 356 valence electrons. The first-order valence-corrected chi connectivity index (χ1v) is 61.2. The van der Waals surface area contributed by atoms with Gasteiger partial charge in [0.15, 0.2) is 17.4 Å². The van der Waals surface area contributed by atoms with E-state index in [0.29, 0.717) is 0 Å². The Morgan fingerprint density at radius 3 is 0.610 bits per heavy atom. The van der Waals surface area contributed by atoms with E-state index in [1.165, 1.54) is 12.8 Å². The summed E-state index contributed by atoms with van der Waals surface area (Å²) in [6.45, 7) is 61.2. The van der Waals surface area contributed by atoms with Gasteiger partial charge in [0.2, 0.25) is 0 Å². The van der Waals surface area contributed by atoms with Crippen molar-refractivity contribution < 1.29 is 53.5 Å². The third-order valence-electron chi connectivity index (χ3n) is 7.58. The van der Waals surface area contributed by atoms with Crippen LogP contribution in [0.25, 0.3) is 0 Å². The molecule has 59 heavy (non-hydrogen) atoms. The summed E-state index contributed by atoms with van der Waals surface area (Å²) < 4.78 is 87.8. The van der Waals surface area contributed by atoms with E-state index in [4.69, 9.17) is 53.5 Å². The van der Waals surface area contributed by atoms with Crippen LogP contribution in [0.2, 0.25) is 189 Å². The first kappa shape index (κ1) is 61.5. The molecular formula is C32H94O13Si14. The van der Waals surface area contributed by atoms with Gasteiger partial charge in [0, 0.05) is 0 Å². The van der Waals surface area contributed by atoms with Crippen molar-refractivity contribution in [3.05, 3.63) is 0 Å². The first-order chi connectivity index (χ1) is 25.5. The van der Waals surface area contributed by atoms with Gasteiger partial charge >= 0.3 is 103 Å². The van der Waals surface area contributed by atoms with E-state index in [2.05, 4.69) is 190 Å². The molecule has 0 heterocycles. The molecule has 0 aliphatic carbocycles. The van der Waals surface area contributed by atoms with Gasteiger partial charge in [-0.2, -0.15) is 0 Å². The summed E-state index contributed by atoms with van der Waals surface area (Å²) in [7, 11) is -34.7. The van der Waals surface area contributed by atoms with Crippen molar-refractivity contribution in [1.82, 2.24) is 0 Å². The van der Waals surface area contributed by atoms with Gasteiger partial charge in [-0.15, -0.1) is 0 Å². The molecular weight excluding hydrogens is 986 g/mol. The molecule has 0 fully saturated rings. The van der Waals surface area contributed by atoms with E-state index in [1.54, 1.807) is 0 Å². The van der Waals surface area contributed by atoms with Crippen molar-refractivity contribution in [3.63, 3.8) is 0 Å². The maximum absolute atomic E-state index is 6.87. The van der Waals surface area contributed by atoms with Gasteiger partial charge in [0.1, 0.15) is 0 Å². The molecule has 0 unspecified atom stereocenters. The summed E-state index contributed by atoms with van der Waals surface area (Å²) in [5.41, 5.74) is 0. The summed E-state index contributed by atoms with van der Waals surface area (Å²) in [6, 6.07) is 1.14. The van der Waals surface area contributed by atoms with Crippen molar-refractivity contribution in [2.75, 3.05) is 0 Å². The molecule has 0 aromatic rings. The van der Waals surface area contributed by atoms with Gasteiger partial charge in [-0.3, -0.25) is 0 Å². The standard InChI is InChI=1S/C32H94O13Si14/c1-30-31-32-47(4,5)34-49(8,9)36-51(12,13)38-53(16,17)40-55(20,21)42-57(24,25)44-59(28,29)45-58(26,27)43-56(22,23)41-54(18,19)39-52(14,15)37-50(10,11)35-48(6,7)33-46(2)3/h46H,30-32H2,1-29H3. The van der Waals surface area contributed by atoms with Gasteiger partial charge in [0.05, 0.1) is 0 Å². The van der Waals surface area contributed by atoms with Crippen LogP contribution in [0.4, 0.5) is 0 Å². The monoisotopic (exact) mass is 1080 g/mol. The van der Waals surface area contributed by atoms with Crippen LogP contribution < -0.4 is 0 Å². The van der Waals surface area contributed by atoms with E-state index >= 15 is 0 Å². The predicted molar refractivity (Wildman–Crippen MR) is 280 cm³/mol. The second-order valence-electron chi connectivity index (χ2n) is 22.1. The van der Waals surface area contributed by atoms with Crippen LogP contribution in [0.1, 0.15) is 19.8 Å². The second-order valence-corrected chi connectivity index (χ2v) is 72.5. The van der Waals surface area contributed by atoms with Crippen molar-refractivity contribution in [2.24, 2.45) is 0 Å². The molecule has 0 aromatic carbocycles. The Balaban J connectivity index is 5.64. The molecule has 0 aliphatic heterocycles. The Kier molecular flexibility index (Phi) is 22.6. The molecule has 0 saturated carbocycles. The molecule has 27 heteroatoms. The Hall–Kier alpha value is 2.52. The van der Waals surface area contributed by atoms with Crippen molar-refractivity contribution >= 4 is 120 Å². The van der Waals surface area contributed by atoms with Crippen LogP contribution in [0.15, 0.2) is 0 Å². The zero-order chi connectivity index (χ0) is 47.4. The van der Waals surface area contributed by atoms with Gasteiger partial charge in [-0.1, -0.05) is 19.8 Å². The molecule has 0 aliphatic rings. The minimum absolute atomic E-state index is 1.14. The fraction of sp³-hybridized carbons (Fsp3) is 1.00. The topological polar surface area (TPSA) is 120 Å². The largest absolute Gasteiger partial charge is 0.440 e. The third kappa shape index (κ3) is 29.0. The van der Waals surface area contributed by atoms with Crippen LogP contribution in [0.3, 0.4) is 0 Å². The Bertz CT molecular complexity index is 1310. The first-order valence-electron chi connectivity index (χ1n) is 21.6. The summed E-state index contributed by atoms with van der Waals surface area (Å²) >= 11 is 0. The van der Waals surface area contributed by atoms with E-state index in [-0.39, 0.29) is 0 Å². The normalized spacial score (nSPS) is 15.8. The number of rotatable bonds is 29. The van der Waals surface area contributed by atoms with Crippen molar-refractivity contribution in [2.45, 2.75) is 209 Å². The maximum atomic E-state index is 6.87. The lowest BCUT2D eigenvalue weighted by molar-refractivity contribution is 0.252. The Morgan fingerprint density at radius 2 is 0.441 bits per heavy atom. The maximum Gasteiger partial charge on any atom is 0.314 e. The molecule has 0 saturated heterocycles. The van der Waals surface area contributed by atoms with Crippen molar-refractivity contribution in [1.29, 1.82) is 0 Å². The molecule has 0 aromatic heterocycles. The van der Waals surface area contributed by atoms with E-state index in [0.717, 1.165) is 6.04 Å². The highest BCUT2D eigenvalue weighted by molar-refractivity contribution is 6.94. The minimum atomic E-state index is -2.76. The highest BCUT2D eigenvalue weighted by Crippen LogP contribution is 2.32. The Morgan fingerprint density at radius 1 is 0.271 bits per heavy atom. The van der Waals surface area contributed by atoms with Crippen LogP contribution in [-0.4, -0.2) is 120 Å². The molecule has 0 N–H and O–H groups in total. The van der Waals surface area contributed by atoms with Crippen molar-refractivity contribution in [3.8, 4) is 0 Å². The number of hydrogen-bond acceptors (Lipinski definition) is 13. The number of hydrogen-bond donors (Lipinski definition) is 0. The van der Waals surface area contributed by atoms with E-state index < -0.39 is 120 Å². The van der Waals surface area contributed by atoms with Crippen LogP contribution >= 0.6 is 0 Å². The number of unbranched alkanes of at least 4 members (excludes halogenated alkanes) is 1. The zero-order valence-corrected chi connectivity index (χ0v) is 57.7. The lowest BCUT2D eigenvalue weighted by Gasteiger charge is -2.45. The minimum Gasteiger partial charge on any atom is -0.440 e. The smallest absolute Gasteiger partial charge is 0.314 e. The second kappa shape index (κ2) is 21.6. The molecule has 0 radical (unpaired) electrons. The zero-order valence-electron chi connectivity index (χ0n) is 43.5. The van der Waals surface area contributed by atoms with E-state index in [1.807, 2.05) is 0 Å². The highest BCUT2D eigenvalue weighted by Gasteiger charge is 2.52. The fourth-order valence-electron chi connectivity index (χ4n) is 8.65. The molecule has 0 spiro atoms. The molecule has 0 rings (SSSR count). The van der Waals surface area contributed by atoms with Crippen LogP contribution in [0, 0.1) is 0 Å². The highest BCUT2D eigenvalue weighted by atomic mass is 28.5. The summed E-state index contributed by atoms with van der Waals surface area (Å²) in [6.07, 6.45) is 2.36. The summed E-state index contributed by atoms with van der Waals surface area (Å²) in [5.74, 6) is 0. The van der Waals surface area contributed by atoms with Gasteiger partial charge in [-0.25, -0.2) is 0 Å². The fourth-order valence-corrected chi connectivity index (χ4v) is 78.8. The lowest BCUT2D eigenvalue weighted by Crippen LogP contribution is -2.63. The quantitative estimate of drug-likeness (QED) is 0.0662. The predicted octanol–water partition coefficient (Wildman–Crippen LogP) is 11.6. The SMILES string of the molecule is CCCC[Si](C)(C)O[Si](C)(C)O[Si](C)(C)O[Si](C)(C)O[Si](C)(C)O[Si](C)(C)O[Si](C)(C)O[Si](C)(C)O[Si](C)(C)O[Si](C)(C)O[Si](C)(C)O[Si](C)(C)O[Si](C)(C)O[SiH](C)C. The van der Waals surface area contributed by atoms with Gasteiger partial charge in [0.25, 0.3) is 0 Å². The van der Waals surface area contributed by atoms with Crippen LogP contribution in [-0.2, 0) is 53.5 Å². The summed E-state index contributed by atoms with van der Waals surface area (Å²) in [5, 5.41) is 0. The third-order valence-corrected chi connectivity index (χ3v) is 60.7. The molecule has 0 atom stereocenters. The Labute approximate surface area is 380 Å². The van der Waals surface area contributed by atoms with Crippen LogP contribution in [0.5, 0.6) is 0 Å². The molecule has 13 nitrogen and oxygen atoms in total. The molecule has 0 bridgehead atoms. The molecule has 0 amide bonds. The van der Waals surface area contributed by atoms with Gasteiger partial charge < -0.3 is 53.5 Å². The van der Waals surface area contributed by atoms with E-state index in [9.17, 15) is 0 Å². The average Bonchev–Trinajstić information content (AvgIpc) is 2.76. The summed E-state index contributed by atoms with van der Waals surface area (Å²) in [4.78, 5) is 0. The van der Waals surface area contributed by atoms with Gasteiger partial charge in [-0.05, 0) is 189 Å². The lowest BCUT2D eigenvalue weighted by atomic mass is 10.4.